The second kappa shape index (κ2) is 9.43. The minimum Gasteiger partial charge on any atom is -0.484 e. The molecule has 1 fully saturated rings. The van der Waals surface area contributed by atoms with E-state index in [0.717, 1.165) is 43.8 Å². The van der Waals surface area contributed by atoms with Gasteiger partial charge in [0.05, 0.1) is 24.4 Å². The van der Waals surface area contributed by atoms with Crippen LogP contribution in [-0.2, 0) is 11.3 Å². The lowest BCUT2D eigenvalue weighted by atomic mass is 10.2. The fourth-order valence-corrected chi connectivity index (χ4v) is 4.50. The van der Waals surface area contributed by atoms with Crippen LogP contribution in [0, 0.1) is 0 Å². The van der Waals surface area contributed by atoms with E-state index in [2.05, 4.69) is 30.0 Å². The molecule has 1 aliphatic rings. The van der Waals surface area contributed by atoms with Crippen LogP contribution in [0.2, 0.25) is 0 Å². The van der Waals surface area contributed by atoms with Crippen LogP contribution in [0.3, 0.4) is 0 Å². The second-order valence-electron chi connectivity index (χ2n) is 8.80. The first kappa shape index (κ1) is 22.8. The first-order chi connectivity index (χ1) is 18.0. The number of anilines is 2. The topological polar surface area (TPSA) is 159 Å². The highest BCUT2D eigenvalue weighted by Gasteiger charge is 2.20. The number of nitrogens with zero attached hydrogens (tertiary/aromatic N) is 8. The Morgan fingerprint density at radius 3 is 2.57 bits per heavy atom. The number of nitrogen functional groups attached to an aromatic ring is 1. The Kier molecular flexibility index (Phi) is 5.81. The van der Waals surface area contributed by atoms with Crippen LogP contribution in [0.15, 0.2) is 53.3 Å². The summed E-state index contributed by atoms with van der Waals surface area (Å²) in [4.78, 5) is 24.8. The van der Waals surface area contributed by atoms with Gasteiger partial charge in [-0.3, -0.25) is 9.69 Å². The summed E-state index contributed by atoms with van der Waals surface area (Å²) in [5, 5.41) is 9.78. The summed E-state index contributed by atoms with van der Waals surface area (Å²) in [7, 11) is 0. The van der Waals surface area contributed by atoms with E-state index in [1.54, 1.807) is 24.6 Å². The highest BCUT2D eigenvalue weighted by Crippen LogP contribution is 2.24. The number of nitrogens with two attached hydrogens (primary N) is 2. The number of amides is 1. The summed E-state index contributed by atoms with van der Waals surface area (Å²) < 4.78 is 14.1. The molecule has 13 nitrogen and oxygen atoms in total. The zero-order chi connectivity index (χ0) is 25.4. The van der Waals surface area contributed by atoms with Crippen molar-refractivity contribution in [1.82, 2.24) is 34.3 Å². The first-order valence-corrected chi connectivity index (χ1v) is 12.0. The van der Waals surface area contributed by atoms with Crippen molar-refractivity contribution in [2.45, 2.75) is 6.54 Å². The predicted molar refractivity (Wildman–Crippen MR) is 136 cm³/mol. The summed E-state index contributed by atoms with van der Waals surface area (Å²) in [6, 6.07) is 11.3. The van der Waals surface area contributed by atoms with E-state index in [9.17, 15) is 4.79 Å². The van der Waals surface area contributed by atoms with E-state index in [1.165, 1.54) is 4.52 Å². The number of fused-ring (bicyclic) bond motifs is 3. The molecule has 1 aliphatic heterocycles. The lowest BCUT2D eigenvalue weighted by Crippen LogP contribution is -2.47. The lowest BCUT2D eigenvalue weighted by Gasteiger charge is -2.36. The standard InChI is InChI=1S/C24H26N10O3/c25-20(35)15-37-17-5-3-16(4-6-17)32-10-7-31(8-11-32)9-12-33-22-18(14-27-33)23-28-21(19-2-1-13-36-19)30-34(23)24(26)29-22/h1-6,13-14H,7-12,15H2,(H2,25,35)(H2,26,29). The highest BCUT2D eigenvalue weighted by atomic mass is 16.5. The number of hydrogen-bond donors (Lipinski definition) is 2. The number of rotatable bonds is 8. The molecule has 4 N–H and O–H groups in total. The van der Waals surface area contributed by atoms with Crippen molar-refractivity contribution in [2.75, 3.05) is 50.0 Å². The third-order valence-corrected chi connectivity index (χ3v) is 6.42. The van der Waals surface area contributed by atoms with Gasteiger partial charge in [-0.1, -0.05) is 0 Å². The third kappa shape index (κ3) is 4.51. The molecule has 1 aromatic carbocycles. The van der Waals surface area contributed by atoms with Crippen molar-refractivity contribution in [2.24, 2.45) is 5.73 Å². The maximum Gasteiger partial charge on any atom is 0.255 e. The van der Waals surface area contributed by atoms with Crippen LogP contribution in [0.4, 0.5) is 11.6 Å². The van der Waals surface area contributed by atoms with Gasteiger partial charge < -0.3 is 25.5 Å². The molecule has 0 bridgehead atoms. The number of benzene rings is 1. The number of aromatic nitrogens is 6. The summed E-state index contributed by atoms with van der Waals surface area (Å²) in [6.45, 7) is 5.05. The van der Waals surface area contributed by atoms with E-state index >= 15 is 0 Å². The molecule has 1 saturated heterocycles. The van der Waals surface area contributed by atoms with Gasteiger partial charge in [-0.25, -0.2) is 9.67 Å². The van der Waals surface area contributed by atoms with E-state index in [0.29, 0.717) is 35.2 Å². The van der Waals surface area contributed by atoms with Crippen molar-refractivity contribution in [3.05, 3.63) is 48.9 Å². The van der Waals surface area contributed by atoms with Crippen LogP contribution < -0.4 is 21.1 Å². The molecule has 0 aliphatic carbocycles. The molecule has 13 heteroatoms. The summed E-state index contributed by atoms with van der Waals surface area (Å²) >= 11 is 0. The molecule has 6 rings (SSSR count). The molecule has 0 atom stereocenters. The van der Waals surface area contributed by atoms with Crippen LogP contribution in [0.5, 0.6) is 5.75 Å². The van der Waals surface area contributed by atoms with Gasteiger partial charge >= 0.3 is 0 Å². The minimum atomic E-state index is -0.492. The third-order valence-electron chi connectivity index (χ3n) is 6.42. The van der Waals surface area contributed by atoms with Crippen LogP contribution in [0.25, 0.3) is 28.3 Å². The maximum absolute atomic E-state index is 10.9. The van der Waals surface area contributed by atoms with Gasteiger partial charge in [-0.2, -0.15) is 14.6 Å². The van der Waals surface area contributed by atoms with Gasteiger partial charge in [-0.15, -0.1) is 5.10 Å². The van der Waals surface area contributed by atoms with Gasteiger partial charge in [0, 0.05) is 38.4 Å². The monoisotopic (exact) mass is 502 g/mol. The second-order valence-corrected chi connectivity index (χ2v) is 8.80. The first-order valence-electron chi connectivity index (χ1n) is 12.0. The number of furan rings is 1. The number of piperazine rings is 1. The SMILES string of the molecule is NC(=O)COc1ccc(N2CCN(CCn3ncc4c3nc(N)n3nc(-c5ccco5)nc43)CC2)cc1. The molecule has 0 radical (unpaired) electrons. The summed E-state index contributed by atoms with van der Waals surface area (Å²) in [6.07, 6.45) is 3.34. The fraction of sp³-hybridized carbons (Fsp3) is 0.292. The maximum atomic E-state index is 10.9. The van der Waals surface area contributed by atoms with E-state index in [1.807, 2.05) is 28.9 Å². The number of carbonyl (C=O) groups is 1. The van der Waals surface area contributed by atoms with Crippen LogP contribution >= 0.6 is 0 Å². The number of primary amides is 1. The Bertz CT molecular complexity index is 1530. The lowest BCUT2D eigenvalue weighted by molar-refractivity contribution is -0.119. The predicted octanol–water partition coefficient (Wildman–Crippen LogP) is 1.00. The number of carbonyl (C=O) groups excluding carboxylic acids is 1. The van der Waals surface area contributed by atoms with Crippen LogP contribution in [-0.4, -0.2) is 79.5 Å². The molecule has 5 aromatic rings. The summed E-state index contributed by atoms with van der Waals surface area (Å²) in [5.74, 6) is 1.39. The van der Waals surface area contributed by atoms with Gasteiger partial charge in [-0.05, 0) is 36.4 Å². The molecular weight excluding hydrogens is 476 g/mol. The normalized spacial score (nSPS) is 14.5. The van der Waals surface area contributed by atoms with Crippen molar-refractivity contribution in [3.63, 3.8) is 0 Å². The van der Waals surface area contributed by atoms with Gasteiger partial charge in [0.15, 0.2) is 23.7 Å². The Hall–Kier alpha value is -4.65. The average molecular weight is 503 g/mol. The molecule has 0 saturated carbocycles. The minimum absolute atomic E-state index is 0.123. The quantitative estimate of drug-likeness (QED) is 0.313. The largest absolute Gasteiger partial charge is 0.484 e. The molecule has 190 valence electrons. The van der Waals surface area contributed by atoms with Crippen molar-refractivity contribution in [1.29, 1.82) is 0 Å². The van der Waals surface area contributed by atoms with Gasteiger partial charge in [0.2, 0.25) is 11.8 Å². The van der Waals surface area contributed by atoms with Gasteiger partial charge in [0.25, 0.3) is 5.91 Å². The Labute approximate surface area is 211 Å². The molecule has 0 unspecified atom stereocenters. The molecular formula is C24H26N10O3. The zero-order valence-electron chi connectivity index (χ0n) is 20.0. The van der Waals surface area contributed by atoms with E-state index in [-0.39, 0.29) is 12.6 Å². The molecule has 4 aromatic heterocycles. The average Bonchev–Trinajstić information content (AvgIpc) is 3.67. The highest BCUT2D eigenvalue weighted by molar-refractivity contribution is 5.90. The smallest absolute Gasteiger partial charge is 0.255 e. The van der Waals surface area contributed by atoms with Crippen molar-refractivity contribution in [3.8, 4) is 17.3 Å². The van der Waals surface area contributed by atoms with Gasteiger partial charge in [0.1, 0.15) is 5.75 Å². The van der Waals surface area contributed by atoms with Crippen molar-refractivity contribution < 1.29 is 13.9 Å². The number of hydrogen-bond acceptors (Lipinski definition) is 10. The van der Waals surface area contributed by atoms with Crippen molar-refractivity contribution >= 4 is 34.2 Å². The molecule has 0 spiro atoms. The Morgan fingerprint density at radius 1 is 1.03 bits per heavy atom. The summed E-state index contributed by atoms with van der Waals surface area (Å²) in [5.41, 5.74) is 13.7. The molecule has 5 heterocycles. The molecule has 37 heavy (non-hydrogen) atoms. The van der Waals surface area contributed by atoms with E-state index < -0.39 is 5.91 Å². The Balaban J connectivity index is 1.09. The molecule has 1 amide bonds. The van der Waals surface area contributed by atoms with E-state index in [4.69, 9.17) is 20.6 Å². The van der Waals surface area contributed by atoms with Crippen LogP contribution in [0.1, 0.15) is 0 Å². The zero-order valence-corrected chi connectivity index (χ0v) is 20.0. The Morgan fingerprint density at radius 2 is 1.84 bits per heavy atom. The fourth-order valence-electron chi connectivity index (χ4n) is 4.50. The number of ether oxygens (including phenoxy) is 1.